The second kappa shape index (κ2) is 6.28. The largest absolute Gasteiger partial charge is 0.309 e. The molecule has 0 aliphatic rings. The molecular formula is C14H11BrF2IN. The minimum absolute atomic E-state index is 0.181. The molecule has 0 aromatic heterocycles. The first kappa shape index (κ1) is 14.9. The number of benzene rings is 2. The Hall–Kier alpha value is -0.530. The standard InChI is InChI=1S/C14H11BrF2IN/c1-19-14(8-2-4-11(16)12(17)6-8)10-7-9(15)3-5-13(10)18/h2-7,14,19H,1H3. The zero-order valence-corrected chi connectivity index (χ0v) is 13.8. The van der Waals surface area contributed by atoms with E-state index in [0.29, 0.717) is 5.56 Å². The van der Waals surface area contributed by atoms with E-state index in [0.717, 1.165) is 19.7 Å². The van der Waals surface area contributed by atoms with E-state index in [1.165, 1.54) is 6.07 Å². The first-order valence-electron chi connectivity index (χ1n) is 5.60. The number of hydrogen-bond donors (Lipinski definition) is 1. The van der Waals surface area contributed by atoms with Gasteiger partial charge in [-0.1, -0.05) is 22.0 Å². The molecule has 1 nitrogen and oxygen atoms in total. The lowest BCUT2D eigenvalue weighted by Gasteiger charge is -2.19. The van der Waals surface area contributed by atoms with E-state index >= 15 is 0 Å². The van der Waals surface area contributed by atoms with Gasteiger partial charge in [-0.15, -0.1) is 0 Å². The fourth-order valence-corrected chi connectivity index (χ4v) is 2.96. The molecule has 19 heavy (non-hydrogen) atoms. The summed E-state index contributed by atoms with van der Waals surface area (Å²) in [6.07, 6.45) is 0. The Morgan fingerprint density at radius 3 is 2.47 bits per heavy atom. The number of halogens is 4. The van der Waals surface area contributed by atoms with Crippen LogP contribution in [-0.2, 0) is 0 Å². The minimum Gasteiger partial charge on any atom is -0.309 e. The normalized spacial score (nSPS) is 12.5. The highest BCUT2D eigenvalue weighted by Crippen LogP contribution is 2.29. The van der Waals surface area contributed by atoms with Crippen LogP contribution in [0.25, 0.3) is 0 Å². The molecule has 0 bridgehead atoms. The number of nitrogens with one attached hydrogen (secondary N) is 1. The Kier molecular flexibility index (Phi) is 4.92. The van der Waals surface area contributed by atoms with Crippen LogP contribution in [-0.4, -0.2) is 7.05 Å². The molecule has 2 aromatic carbocycles. The van der Waals surface area contributed by atoms with Crippen molar-refractivity contribution in [1.29, 1.82) is 0 Å². The van der Waals surface area contributed by atoms with Crippen molar-refractivity contribution >= 4 is 38.5 Å². The highest BCUT2D eigenvalue weighted by atomic mass is 127. The Morgan fingerprint density at radius 1 is 1.11 bits per heavy atom. The molecule has 0 saturated heterocycles. The Balaban J connectivity index is 2.49. The van der Waals surface area contributed by atoms with E-state index in [9.17, 15) is 8.78 Å². The Bertz CT molecular complexity index is 604. The van der Waals surface area contributed by atoms with E-state index < -0.39 is 11.6 Å². The van der Waals surface area contributed by atoms with Crippen molar-refractivity contribution in [3.8, 4) is 0 Å². The van der Waals surface area contributed by atoms with Crippen molar-refractivity contribution in [2.75, 3.05) is 7.05 Å². The molecule has 0 spiro atoms. The SMILES string of the molecule is CNC(c1ccc(F)c(F)c1)c1cc(Br)ccc1I. The number of rotatable bonds is 3. The molecule has 1 atom stereocenters. The Morgan fingerprint density at radius 2 is 1.84 bits per heavy atom. The molecule has 0 fully saturated rings. The van der Waals surface area contributed by atoms with Crippen LogP contribution in [0.2, 0.25) is 0 Å². The van der Waals surface area contributed by atoms with Gasteiger partial charge in [0.25, 0.3) is 0 Å². The molecule has 1 N–H and O–H groups in total. The third-order valence-electron chi connectivity index (χ3n) is 2.83. The fraction of sp³-hybridized carbons (Fsp3) is 0.143. The molecule has 0 amide bonds. The smallest absolute Gasteiger partial charge is 0.159 e. The molecule has 100 valence electrons. The van der Waals surface area contributed by atoms with Crippen molar-refractivity contribution in [3.05, 3.63) is 67.2 Å². The first-order chi connectivity index (χ1) is 9.02. The van der Waals surface area contributed by atoms with Gasteiger partial charge in [-0.2, -0.15) is 0 Å². The van der Waals surface area contributed by atoms with Gasteiger partial charge >= 0.3 is 0 Å². The summed E-state index contributed by atoms with van der Waals surface area (Å²) in [5.74, 6) is -1.66. The maximum atomic E-state index is 13.4. The molecular weight excluding hydrogens is 427 g/mol. The maximum Gasteiger partial charge on any atom is 0.159 e. The van der Waals surface area contributed by atoms with Crippen LogP contribution in [0.3, 0.4) is 0 Å². The summed E-state index contributed by atoms with van der Waals surface area (Å²) in [6, 6.07) is 9.70. The molecule has 0 heterocycles. The lowest BCUT2D eigenvalue weighted by atomic mass is 9.99. The van der Waals surface area contributed by atoms with Gasteiger partial charge in [0.1, 0.15) is 0 Å². The summed E-state index contributed by atoms with van der Waals surface area (Å²) in [4.78, 5) is 0. The van der Waals surface area contributed by atoms with Crippen LogP contribution < -0.4 is 5.32 Å². The van der Waals surface area contributed by atoms with Crippen molar-refractivity contribution in [1.82, 2.24) is 5.32 Å². The van der Waals surface area contributed by atoms with Crippen molar-refractivity contribution < 1.29 is 8.78 Å². The molecule has 0 radical (unpaired) electrons. The van der Waals surface area contributed by atoms with Gasteiger partial charge in [-0.05, 0) is 71.1 Å². The van der Waals surface area contributed by atoms with Gasteiger partial charge in [0, 0.05) is 8.04 Å². The van der Waals surface area contributed by atoms with E-state index in [1.807, 2.05) is 18.2 Å². The number of hydrogen-bond acceptors (Lipinski definition) is 1. The Labute approximate surface area is 132 Å². The van der Waals surface area contributed by atoms with Crippen LogP contribution in [0.4, 0.5) is 8.78 Å². The zero-order valence-electron chi connectivity index (χ0n) is 10.1. The topological polar surface area (TPSA) is 12.0 Å². The molecule has 1 unspecified atom stereocenters. The van der Waals surface area contributed by atoms with E-state index in [-0.39, 0.29) is 6.04 Å². The summed E-state index contributed by atoms with van der Waals surface area (Å²) in [6.45, 7) is 0. The van der Waals surface area contributed by atoms with Gasteiger partial charge < -0.3 is 5.32 Å². The van der Waals surface area contributed by atoms with Gasteiger partial charge in [-0.3, -0.25) is 0 Å². The van der Waals surface area contributed by atoms with Crippen LogP contribution in [0.15, 0.2) is 40.9 Å². The van der Waals surface area contributed by atoms with Gasteiger partial charge in [-0.25, -0.2) is 8.78 Å². The highest BCUT2D eigenvalue weighted by Gasteiger charge is 2.17. The van der Waals surface area contributed by atoms with Crippen LogP contribution in [0.1, 0.15) is 17.2 Å². The molecule has 0 saturated carbocycles. The average molecular weight is 438 g/mol. The van der Waals surface area contributed by atoms with Crippen LogP contribution >= 0.6 is 38.5 Å². The lowest BCUT2D eigenvalue weighted by molar-refractivity contribution is 0.505. The van der Waals surface area contributed by atoms with Crippen LogP contribution in [0, 0.1) is 15.2 Å². The minimum atomic E-state index is -0.831. The highest BCUT2D eigenvalue weighted by molar-refractivity contribution is 14.1. The van der Waals surface area contributed by atoms with Gasteiger partial charge in [0.2, 0.25) is 0 Å². The lowest BCUT2D eigenvalue weighted by Crippen LogP contribution is -2.19. The van der Waals surface area contributed by atoms with E-state index in [1.54, 1.807) is 13.1 Å². The summed E-state index contributed by atoms with van der Waals surface area (Å²) >= 11 is 5.66. The van der Waals surface area contributed by atoms with Crippen LogP contribution in [0.5, 0.6) is 0 Å². The summed E-state index contributed by atoms with van der Waals surface area (Å²) in [5, 5.41) is 3.13. The molecule has 2 rings (SSSR count). The summed E-state index contributed by atoms with van der Waals surface area (Å²) in [7, 11) is 1.79. The predicted molar refractivity (Wildman–Crippen MR) is 84.1 cm³/mol. The average Bonchev–Trinajstić information content (AvgIpc) is 2.38. The second-order valence-corrected chi connectivity index (χ2v) is 6.14. The van der Waals surface area contributed by atoms with E-state index in [4.69, 9.17) is 0 Å². The third-order valence-corrected chi connectivity index (χ3v) is 4.31. The zero-order chi connectivity index (χ0) is 14.0. The monoisotopic (exact) mass is 437 g/mol. The fourth-order valence-electron chi connectivity index (χ4n) is 1.93. The maximum absolute atomic E-state index is 13.4. The second-order valence-electron chi connectivity index (χ2n) is 4.06. The van der Waals surface area contributed by atoms with E-state index in [2.05, 4.69) is 43.8 Å². The quantitative estimate of drug-likeness (QED) is 0.689. The van der Waals surface area contributed by atoms with Gasteiger partial charge in [0.15, 0.2) is 11.6 Å². The predicted octanol–water partition coefficient (Wildman–Crippen LogP) is 4.64. The third kappa shape index (κ3) is 3.32. The van der Waals surface area contributed by atoms with Crippen molar-refractivity contribution in [2.45, 2.75) is 6.04 Å². The summed E-state index contributed by atoms with van der Waals surface area (Å²) in [5.41, 5.74) is 1.71. The molecule has 2 aromatic rings. The molecule has 5 heteroatoms. The molecule has 0 aliphatic heterocycles. The summed E-state index contributed by atoms with van der Waals surface area (Å²) < 4.78 is 28.4. The van der Waals surface area contributed by atoms with Crippen molar-refractivity contribution in [3.63, 3.8) is 0 Å². The van der Waals surface area contributed by atoms with Crippen molar-refractivity contribution in [2.24, 2.45) is 0 Å². The van der Waals surface area contributed by atoms with Gasteiger partial charge in [0.05, 0.1) is 6.04 Å². The molecule has 0 aliphatic carbocycles. The first-order valence-corrected chi connectivity index (χ1v) is 7.47.